The minimum Gasteiger partial charge on any atom is -0.483 e. The van der Waals surface area contributed by atoms with Gasteiger partial charge in [0.2, 0.25) is 5.91 Å². The average Bonchev–Trinajstić information content (AvgIpc) is 3.02. The number of amides is 2. The number of rotatable bonds is 3. The van der Waals surface area contributed by atoms with E-state index in [1.54, 1.807) is 4.90 Å². The standard InChI is InChI=1S/C18H27N3O4S2.CH2O2/c1-13-5-8-26-16(13)17(22)19-15-4-3-14(11-20(2)12-15)18(23)21-6-9-27(24,25)10-7-21;2-1-3/h5,8,14-15H,3-4,6-7,9-12H2,1-2H3,(H,19,22);1H,(H,2,3)/t14-,15+;/m1./s1. The van der Waals surface area contributed by atoms with Gasteiger partial charge in [-0.1, -0.05) is 0 Å². The van der Waals surface area contributed by atoms with E-state index in [1.165, 1.54) is 11.3 Å². The smallest absolute Gasteiger partial charge is 0.290 e. The molecular weight excluding hydrogens is 430 g/mol. The van der Waals surface area contributed by atoms with Crippen LogP contribution in [-0.2, 0) is 19.4 Å². The highest BCUT2D eigenvalue weighted by Gasteiger charge is 2.33. The first-order chi connectivity index (χ1) is 14.2. The van der Waals surface area contributed by atoms with Crippen molar-refractivity contribution in [2.24, 2.45) is 5.92 Å². The van der Waals surface area contributed by atoms with Gasteiger partial charge in [0.25, 0.3) is 12.4 Å². The van der Waals surface area contributed by atoms with Gasteiger partial charge < -0.3 is 20.2 Å². The number of likely N-dealkylation sites (tertiary alicyclic amines) is 1. The van der Waals surface area contributed by atoms with E-state index in [2.05, 4.69) is 10.2 Å². The topological polar surface area (TPSA) is 124 Å². The maximum atomic E-state index is 12.8. The van der Waals surface area contributed by atoms with Crippen molar-refractivity contribution in [3.8, 4) is 0 Å². The van der Waals surface area contributed by atoms with E-state index in [-0.39, 0.29) is 41.8 Å². The second-order valence-electron chi connectivity index (χ2n) is 7.68. The van der Waals surface area contributed by atoms with Crippen molar-refractivity contribution in [3.63, 3.8) is 0 Å². The van der Waals surface area contributed by atoms with Crippen LogP contribution in [0.15, 0.2) is 11.4 Å². The number of carbonyl (C=O) groups is 3. The summed E-state index contributed by atoms with van der Waals surface area (Å²) in [6.45, 7) is 3.59. The Morgan fingerprint density at radius 2 is 1.87 bits per heavy atom. The third kappa shape index (κ3) is 6.78. The van der Waals surface area contributed by atoms with E-state index in [0.717, 1.165) is 16.9 Å². The molecule has 168 valence electrons. The van der Waals surface area contributed by atoms with Crippen LogP contribution < -0.4 is 5.32 Å². The minimum atomic E-state index is -3.00. The zero-order valence-corrected chi connectivity index (χ0v) is 18.9. The third-order valence-electron chi connectivity index (χ3n) is 5.34. The molecule has 2 amide bonds. The van der Waals surface area contributed by atoms with Crippen LogP contribution in [0.5, 0.6) is 0 Å². The van der Waals surface area contributed by atoms with Gasteiger partial charge in [0, 0.05) is 32.2 Å². The quantitative estimate of drug-likeness (QED) is 0.629. The van der Waals surface area contributed by atoms with Crippen LogP contribution in [0.4, 0.5) is 0 Å². The van der Waals surface area contributed by atoms with E-state index in [4.69, 9.17) is 9.90 Å². The molecule has 2 N–H and O–H groups in total. The summed E-state index contributed by atoms with van der Waals surface area (Å²) in [4.78, 5) is 38.2. The molecule has 11 heteroatoms. The fourth-order valence-corrected chi connectivity index (χ4v) is 5.81. The Bertz CT molecular complexity index is 840. The lowest BCUT2D eigenvalue weighted by Gasteiger charge is -2.30. The zero-order chi connectivity index (χ0) is 22.3. The Kier molecular flexibility index (Phi) is 8.80. The Morgan fingerprint density at radius 1 is 1.23 bits per heavy atom. The molecule has 9 nitrogen and oxygen atoms in total. The van der Waals surface area contributed by atoms with E-state index in [0.29, 0.717) is 32.6 Å². The second-order valence-corrected chi connectivity index (χ2v) is 10.9. The maximum Gasteiger partial charge on any atom is 0.290 e. The van der Waals surface area contributed by atoms with E-state index in [9.17, 15) is 18.0 Å². The molecule has 2 aliphatic heterocycles. The van der Waals surface area contributed by atoms with Gasteiger partial charge in [0.15, 0.2) is 9.84 Å². The first-order valence-electron chi connectivity index (χ1n) is 9.77. The van der Waals surface area contributed by atoms with Gasteiger partial charge in [0.05, 0.1) is 22.3 Å². The molecule has 2 saturated heterocycles. The molecule has 0 saturated carbocycles. The highest BCUT2D eigenvalue weighted by molar-refractivity contribution is 7.91. The molecule has 2 fully saturated rings. The molecule has 0 bridgehead atoms. The molecule has 2 aliphatic rings. The number of nitrogens with zero attached hydrogens (tertiary/aromatic N) is 2. The van der Waals surface area contributed by atoms with Crippen molar-refractivity contribution in [3.05, 3.63) is 21.9 Å². The van der Waals surface area contributed by atoms with E-state index >= 15 is 0 Å². The summed E-state index contributed by atoms with van der Waals surface area (Å²) in [5.74, 6) is -0.0498. The molecule has 0 radical (unpaired) electrons. The predicted molar refractivity (Wildman–Crippen MR) is 114 cm³/mol. The van der Waals surface area contributed by atoms with Gasteiger partial charge in [-0.3, -0.25) is 14.4 Å². The van der Waals surface area contributed by atoms with Gasteiger partial charge in [-0.15, -0.1) is 11.3 Å². The summed E-state index contributed by atoms with van der Waals surface area (Å²) in [6.07, 6.45) is 1.43. The van der Waals surface area contributed by atoms with Gasteiger partial charge in [-0.05, 0) is 43.8 Å². The van der Waals surface area contributed by atoms with Gasteiger partial charge in [-0.2, -0.15) is 0 Å². The first-order valence-corrected chi connectivity index (χ1v) is 12.5. The van der Waals surface area contributed by atoms with Crippen molar-refractivity contribution in [1.82, 2.24) is 15.1 Å². The molecule has 1 aromatic rings. The highest BCUT2D eigenvalue weighted by atomic mass is 32.2. The lowest BCUT2D eigenvalue weighted by atomic mass is 10.00. The molecular formula is C19H29N3O6S2. The summed E-state index contributed by atoms with van der Waals surface area (Å²) >= 11 is 1.44. The Hall–Kier alpha value is -1.98. The lowest BCUT2D eigenvalue weighted by Crippen LogP contribution is -2.47. The van der Waals surface area contributed by atoms with Crippen molar-refractivity contribution in [1.29, 1.82) is 0 Å². The number of sulfone groups is 1. The van der Waals surface area contributed by atoms with Crippen molar-refractivity contribution < 1.29 is 27.9 Å². The van der Waals surface area contributed by atoms with Crippen LogP contribution in [0.1, 0.15) is 28.1 Å². The lowest BCUT2D eigenvalue weighted by molar-refractivity contribution is -0.135. The van der Waals surface area contributed by atoms with Crippen molar-refractivity contribution >= 4 is 39.5 Å². The summed E-state index contributed by atoms with van der Waals surface area (Å²) in [7, 11) is -1.04. The third-order valence-corrected chi connectivity index (χ3v) is 7.96. The minimum absolute atomic E-state index is 0.00327. The van der Waals surface area contributed by atoms with Gasteiger partial charge in [0.1, 0.15) is 0 Å². The first kappa shape index (κ1) is 24.3. The van der Waals surface area contributed by atoms with Crippen LogP contribution in [0, 0.1) is 12.8 Å². The summed E-state index contributed by atoms with van der Waals surface area (Å²) in [5, 5.41) is 11.9. The van der Waals surface area contributed by atoms with Crippen LogP contribution in [0.25, 0.3) is 0 Å². The van der Waals surface area contributed by atoms with Crippen LogP contribution in [0.3, 0.4) is 0 Å². The number of nitrogens with one attached hydrogen (secondary N) is 1. The molecule has 3 heterocycles. The SMILES string of the molecule is Cc1ccsc1C(=O)N[C@H]1CC[C@@H](C(=O)N2CCS(=O)(=O)CC2)CN(C)C1.O=CO. The molecule has 0 spiro atoms. The summed E-state index contributed by atoms with van der Waals surface area (Å²) in [5.41, 5.74) is 0.979. The maximum absolute atomic E-state index is 12.8. The number of hydrogen-bond acceptors (Lipinski definition) is 7. The summed E-state index contributed by atoms with van der Waals surface area (Å²) < 4.78 is 23.2. The number of carboxylic acid groups (broad SMARTS) is 1. The number of likely N-dealkylation sites (N-methyl/N-ethyl adjacent to an activating group) is 1. The van der Waals surface area contributed by atoms with Crippen LogP contribution >= 0.6 is 11.3 Å². The van der Waals surface area contributed by atoms with Gasteiger partial charge in [-0.25, -0.2) is 8.42 Å². The molecule has 0 unspecified atom stereocenters. The van der Waals surface area contributed by atoms with E-state index < -0.39 is 9.84 Å². The molecule has 2 atom stereocenters. The molecule has 0 aliphatic carbocycles. The predicted octanol–water partition coefficient (Wildman–Crippen LogP) is 0.455. The number of thiophene rings is 1. The Labute approximate surface area is 181 Å². The number of aryl methyl sites for hydroxylation is 1. The Balaban J connectivity index is 0.00000101. The average molecular weight is 460 g/mol. The number of hydrogen-bond donors (Lipinski definition) is 2. The fraction of sp³-hybridized carbons (Fsp3) is 0.632. The molecule has 3 rings (SSSR count). The van der Waals surface area contributed by atoms with E-state index in [1.807, 2.05) is 25.4 Å². The normalized spacial score (nSPS) is 24.1. The van der Waals surface area contributed by atoms with Crippen LogP contribution in [-0.4, -0.2) is 92.4 Å². The monoisotopic (exact) mass is 459 g/mol. The van der Waals surface area contributed by atoms with Crippen LogP contribution in [0.2, 0.25) is 0 Å². The summed E-state index contributed by atoms with van der Waals surface area (Å²) in [6, 6.07) is 1.94. The highest BCUT2D eigenvalue weighted by Crippen LogP contribution is 2.21. The number of carbonyl (C=O) groups excluding carboxylic acids is 2. The van der Waals surface area contributed by atoms with Gasteiger partial charge >= 0.3 is 0 Å². The molecule has 0 aromatic carbocycles. The second kappa shape index (κ2) is 10.9. The fourth-order valence-electron chi connectivity index (χ4n) is 3.78. The van der Waals surface area contributed by atoms with Crippen molar-refractivity contribution in [2.75, 3.05) is 44.7 Å². The van der Waals surface area contributed by atoms with Crippen molar-refractivity contribution in [2.45, 2.75) is 25.8 Å². The molecule has 1 aromatic heterocycles. The largest absolute Gasteiger partial charge is 0.483 e. The zero-order valence-electron chi connectivity index (χ0n) is 17.2. The molecule has 30 heavy (non-hydrogen) atoms. The Morgan fingerprint density at radius 3 is 2.43 bits per heavy atom.